The topological polar surface area (TPSA) is 48.5 Å². The van der Waals surface area contributed by atoms with E-state index in [1.165, 1.54) is 32.9 Å². The Hall–Kier alpha value is -6.85. The summed E-state index contributed by atoms with van der Waals surface area (Å²) in [5.74, 6) is 1.94. The quantitative estimate of drug-likeness (QED) is 0.186. The third-order valence-corrected chi connectivity index (χ3v) is 9.86. The summed E-state index contributed by atoms with van der Waals surface area (Å²) >= 11 is 0. The fraction of sp³-hybridized carbons (Fsp3) is 0.0217. The molecule has 7 aromatic carbocycles. The fourth-order valence-corrected chi connectivity index (χ4v) is 7.62. The average molecular weight is 654 g/mol. The molecule has 0 saturated carbocycles. The number of aryl methyl sites for hydroxylation is 1. The summed E-state index contributed by atoms with van der Waals surface area (Å²) in [6.07, 6.45) is 0. The molecule has 0 saturated heterocycles. The number of nitrogens with zero attached hydrogens (tertiary/aromatic N) is 5. The molecule has 0 unspecified atom stereocenters. The molecule has 0 radical (unpaired) electrons. The second kappa shape index (κ2) is 11.6. The van der Waals surface area contributed by atoms with Crippen molar-refractivity contribution in [1.82, 2.24) is 24.1 Å². The van der Waals surface area contributed by atoms with Crippen LogP contribution in [-0.2, 0) is 0 Å². The minimum atomic E-state index is 0.607. The van der Waals surface area contributed by atoms with Crippen LogP contribution in [0.4, 0.5) is 0 Å². The lowest BCUT2D eigenvalue weighted by molar-refractivity contribution is 0.907. The number of para-hydroxylation sites is 3. The molecule has 3 heterocycles. The largest absolute Gasteiger partial charge is 0.309 e. The SMILES string of the molecule is Cc1nc(-c2ccccc2)nc(-n2c3ccccc3c3cccc(-c4ccc5c(c4)c4ccccc4n5-c4cccc(-c5ccccc5)c4)c32)n1. The minimum absolute atomic E-state index is 0.607. The van der Waals surface area contributed by atoms with Gasteiger partial charge in [-0.2, -0.15) is 9.97 Å². The van der Waals surface area contributed by atoms with Crippen molar-refractivity contribution in [3.05, 3.63) is 176 Å². The van der Waals surface area contributed by atoms with E-state index < -0.39 is 0 Å². The van der Waals surface area contributed by atoms with Crippen molar-refractivity contribution in [1.29, 1.82) is 0 Å². The van der Waals surface area contributed by atoms with Gasteiger partial charge in [-0.05, 0) is 60.0 Å². The molecule has 51 heavy (non-hydrogen) atoms. The Morgan fingerprint density at radius 2 is 1.00 bits per heavy atom. The Balaban J connectivity index is 1.21. The van der Waals surface area contributed by atoms with E-state index >= 15 is 0 Å². The van der Waals surface area contributed by atoms with Crippen molar-refractivity contribution in [2.75, 3.05) is 0 Å². The van der Waals surface area contributed by atoms with Crippen molar-refractivity contribution in [3.8, 4) is 45.3 Å². The highest BCUT2D eigenvalue weighted by atomic mass is 15.2. The molecule has 0 fully saturated rings. The highest BCUT2D eigenvalue weighted by Gasteiger charge is 2.20. The lowest BCUT2D eigenvalue weighted by Gasteiger charge is -2.13. The van der Waals surface area contributed by atoms with E-state index in [0.717, 1.165) is 44.2 Å². The molecule has 0 aliphatic carbocycles. The second-order valence-electron chi connectivity index (χ2n) is 12.9. The van der Waals surface area contributed by atoms with Gasteiger partial charge in [-0.25, -0.2) is 4.98 Å². The Bertz CT molecular complexity index is 2920. The van der Waals surface area contributed by atoms with Crippen LogP contribution in [0.2, 0.25) is 0 Å². The van der Waals surface area contributed by atoms with Crippen molar-refractivity contribution < 1.29 is 0 Å². The molecule has 0 N–H and O–H groups in total. The molecule has 3 aromatic heterocycles. The van der Waals surface area contributed by atoms with Gasteiger partial charge in [0.1, 0.15) is 5.82 Å². The van der Waals surface area contributed by atoms with Crippen LogP contribution in [0.15, 0.2) is 170 Å². The molecule has 0 aliphatic rings. The summed E-state index contributed by atoms with van der Waals surface area (Å²) in [5, 5.41) is 4.73. The summed E-state index contributed by atoms with van der Waals surface area (Å²) in [4.78, 5) is 14.7. The van der Waals surface area contributed by atoms with Gasteiger partial charge in [0.15, 0.2) is 5.82 Å². The number of aromatic nitrogens is 5. The first-order valence-corrected chi connectivity index (χ1v) is 17.2. The predicted molar refractivity (Wildman–Crippen MR) is 210 cm³/mol. The van der Waals surface area contributed by atoms with E-state index in [9.17, 15) is 0 Å². The van der Waals surface area contributed by atoms with Gasteiger partial charge in [0.25, 0.3) is 0 Å². The molecule has 0 spiro atoms. The van der Waals surface area contributed by atoms with E-state index in [4.69, 9.17) is 15.0 Å². The zero-order valence-corrected chi connectivity index (χ0v) is 27.9. The maximum Gasteiger partial charge on any atom is 0.238 e. The Morgan fingerprint density at radius 1 is 0.392 bits per heavy atom. The molecule has 0 aliphatic heterocycles. The fourth-order valence-electron chi connectivity index (χ4n) is 7.62. The summed E-state index contributed by atoms with van der Waals surface area (Å²) in [6.45, 7) is 1.94. The third-order valence-electron chi connectivity index (χ3n) is 9.86. The molecule has 0 bridgehead atoms. The number of benzene rings is 7. The predicted octanol–water partition coefficient (Wildman–Crippen LogP) is 11.4. The Kier molecular flexibility index (Phi) is 6.64. The van der Waals surface area contributed by atoms with Crippen molar-refractivity contribution in [3.63, 3.8) is 0 Å². The molecule has 0 amide bonds. The van der Waals surface area contributed by atoms with E-state index in [1.807, 2.05) is 37.3 Å². The normalized spacial score (nSPS) is 11.6. The monoisotopic (exact) mass is 653 g/mol. The number of hydrogen-bond acceptors (Lipinski definition) is 3. The average Bonchev–Trinajstić information content (AvgIpc) is 3.71. The van der Waals surface area contributed by atoms with Crippen LogP contribution in [-0.4, -0.2) is 24.1 Å². The van der Waals surface area contributed by atoms with E-state index in [0.29, 0.717) is 17.6 Å². The van der Waals surface area contributed by atoms with E-state index in [-0.39, 0.29) is 0 Å². The molecular weight excluding hydrogens is 623 g/mol. The number of hydrogen-bond donors (Lipinski definition) is 0. The van der Waals surface area contributed by atoms with Gasteiger partial charge in [-0.15, -0.1) is 0 Å². The summed E-state index contributed by atoms with van der Waals surface area (Å²) < 4.78 is 4.60. The molecular formula is C46H31N5. The first kappa shape index (κ1) is 29.1. The van der Waals surface area contributed by atoms with E-state index in [1.54, 1.807) is 0 Å². The van der Waals surface area contributed by atoms with Crippen LogP contribution in [0, 0.1) is 6.92 Å². The molecule has 0 atom stereocenters. The summed E-state index contributed by atoms with van der Waals surface area (Å²) in [7, 11) is 0. The second-order valence-corrected chi connectivity index (χ2v) is 12.9. The van der Waals surface area contributed by atoms with Crippen molar-refractivity contribution in [2.24, 2.45) is 0 Å². The third kappa shape index (κ3) is 4.74. The first-order valence-electron chi connectivity index (χ1n) is 17.2. The van der Waals surface area contributed by atoms with Gasteiger partial charge in [-0.3, -0.25) is 4.57 Å². The molecule has 5 heteroatoms. The molecule has 10 rings (SSSR count). The van der Waals surface area contributed by atoms with Crippen LogP contribution in [0.25, 0.3) is 88.9 Å². The van der Waals surface area contributed by atoms with Crippen molar-refractivity contribution >= 4 is 43.6 Å². The Morgan fingerprint density at radius 3 is 1.78 bits per heavy atom. The number of rotatable bonds is 5. The molecule has 5 nitrogen and oxygen atoms in total. The smallest absolute Gasteiger partial charge is 0.238 e. The number of fused-ring (bicyclic) bond motifs is 6. The van der Waals surface area contributed by atoms with Crippen molar-refractivity contribution in [2.45, 2.75) is 6.92 Å². The maximum absolute atomic E-state index is 5.08. The van der Waals surface area contributed by atoms with Gasteiger partial charge in [0.05, 0.1) is 22.1 Å². The van der Waals surface area contributed by atoms with Crippen LogP contribution in [0.5, 0.6) is 0 Å². The minimum Gasteiger partial charge on any atom is -0.309 e. The van der Waals surface area contributed by atoms with Crippen LogP contribution < -0.4 is 0 Å². The lowest BCUT2D eigenvalue weighted by atomic mass is 10.00. The maximum atomic E-state index is 5.08. The highest BCUT2D eigenvalue weighted by molar-refractivity contribution is 6.15. The van der Waals surface area contributed by atoms with Gasteiger partial charge in [0.2, 0.25) is 5.95 Å². The highest BCUT2D eigenvalue weighted by Crippen LogP contribution is 2.40. The van der Waals surface area contributed by atoms with Gasteiger partial charge in [-0.1, -0.05) is 133 Å². The zero-order chi connectivity index (χ0) is 33.9. The summed E-state index contributed by atoms with van der Waals surface area (Å²) in [6, 6.07) is 60.2. The van der Waals surface area contributed by atoms with Crippen LogP contribution in [0.3, 0.4) is 0 Å². The molecule has 240 valence electrons. The first-order chi connectivity index (χ1) is 25.2. The standard InChI is InChI=1S/C46H31N5/c1-30-47-45(32-16-6-3-7-17-32)49-46(48-30)51-42-25-11-8-20-37(42)39-23-13-22-36(44(39)51)34-26-27-43-40(29-34)38-21-9-10-24-41(38)50(43)35-19-12-18-33(28-35)31-14-4-2-5-15-31/h2-29H,1H3. The van der Waals surface area contributed by atoms with Crippen LogP contribution in [0.1, 0.15) is 5.82 Å². The van der Waals surface area contributed by atoms with Gasteiger partial charge >= 0.3 is 0 Å². The zero-order valence-electron chi connectivity index (χ0n) is 27.9. The van der Waals surface area contributed by atoms with E-state index in [2.05, 4.69) is 149 Å². The van der Waals surface area contributed by atoms with Crippen LogP contribution >= 0.6 is 0 Å². The van der Waals surface area contributed by atoms with Gasteiger partial charge in [0, 0.05) is 38.4 Å². The molecule has 10 aromatic rings. The Labute approximate surface area is 294 Å². The summed E-state index contributed by atoms with van der Waals surface area (Å²) in [5.41, 5.74) is 11.2. The lowest BCUT2D eigenvalue weighted by Crippen LogP contribution is -2.06. The van der Waals surface area contributed by atoms with Gasteiger partial charge < -0.3 is 4.57 Å².